The van der Waals surface area contributed by atoms with E-state index in [9.17, 15) is 38.7 Å². The summed E-state index contributed by atoms with van der Waals surface area (Å²) in [7, 11) is 0. The maximum Gasteiger partial charge on any atom is 0.306 e. The number of carbonyl (C=O) groups excluding carboxylic acids is 6. The number of carboxylic acids is 1. The van der Waals surface area contributed by atoms with Gasteiger partial charge in [-0.05, 0) is 32.1 Å². The summed E-state index contributed by atoms with van der Waals surface area (Å²) >= 11 is 0. The van der Waals surface area contributed by atoms with Gasteiger partial charge in [0.1, 0.15) is 44.0 Å². The lowest BCUT2D eigenvalue weighted by molar-refractivity contribution is -0.144. The van der Waals surface area contributed by atoms with Crippen molar-refractivity contribution in [3.63, 3.8) is 0 Å². The van der Waals surface area contributed by atoms with Gasteiger partial charge in [-0.25, -0.2) is 0 Å². The van der Waals surface area contributed by atoms with Gasteiger partial charge in [0.05, 0.1) is 39.0 Å². The van der Waals surface area contributed by atoms with Crippen LogP contribution in [-0.2, 0) is 57.2 Å². The Morgan fingerprint density at radius 3 is 1.40 bits per heavy atom. The van der Waals surface area contributed by atoms with E-state index in [4.69, 9.17) is 23.7 Å². The van der Waals surface area contributed by atoms with Gasteiger partial charge in [-0.2, -0.15) is 0 Å². The van der Waals surface area contributed by atoms with Crippen LogP contribution < -0.4 is 5.32 Å². The van der Waals surface area contributed by atoms with Crippen LogP contribution >= 0.6 is 0 Å². The third-order valence-electron chi connectivity index (χ3n) is 9.64. The smallest absolute Gasteiger partial charge is 0.306 e. The molecule has 0 aromatic rings. The van der Waals surface area contributed by atoms with Crippen LogP contribution in [0.5, 0.6) is 0 Å². The SMILES string of the molecule is O=CCOCCCC(=O)CCCCCCCCCCCCCCCCCCC(=O)C[C@@H](CCC(=O)NCCOCCOCC(=O)CCCOCCOCC=O)C(=O)O. The molecule has 0 aliphatic heterocycles. The first-order chi connectivity index (χ1) is 28.3. The number of carbonyl (C=O) groups is 7. The van der Waals surface area contributed by atoms with Crippen LogP contribution in [0.2, 0.25) is 0 Å². The van der Waals surface area contributed by atoms with Crippen LogP contribution in [0.1, 0.15) is 161 Å². The maximum absolute atomic E-state index is 12.5. The van der Waals surface area contributed by atoms with Gasteiger partial charge in [0.2, 0.25) is 5.91 Å². The van der Waals surface area contributed by atoms with Crippen LogP contribution in [-0.4, -0.2) is 120 Å². The second kappa shape index (κ2) is 43.7. The standard InChI is InChI=1S/C44H77NO13/c46-26-31-54-28-17-21-40(48)19-15-13-11-9-7-5-3-1-2-4-6-8-10-12-14-16-20-41(49)37-39(44(52)53)23-24-43(51)45-25-30-56-35-36-58-38-42(50)22-18-29-55-33-34-57-32-27-47/h26-27,39H,1-25,28-38H2,(H,45,51)(H,52,53)/t39-/m1/s1. The maximum atomic E-state index is 12.5. The molecule has 2 N–H and O–H groups in total. The average Bonchev–Trinajstić information content (AvgIpc) is 3.20. The lowest BCUT2D eigenvalue weighted by atomic mass is 9.94. The van der Waals surface area contributed by atoms with Crippen molar-refractivity contribution in [3.05, 3.63) is 0 Å². The van der Waals surface area contributed by atoms with Crippen LogP contribution in [0, 0.1) is 5.92 Å². The average molecular weight is 828 g/mol. The van der Waals surface area contributed by atoms with Gasteiger partial charge < -0.3 is 43.7 Å². The Labute approximate surface area is 347 Å². The third kappa shape index (κ3) is 41.3. The van der Waals surface area contributed by atoms with Gasteiger partial charge in [0.25, 0.3) is 0 Å². The predicted octanol–water partition coefficient (Wildman–Crippen LogP) is 6.74. The number of ketones is 3. The quantitative estimate of drug-likeness (QED) is 0.0483. The highest BCUT2D eigenvalue weighted by molar-refractivity contribution is 5.84. The molecule has 0 spiro atoms. The molecule has 0 saturated carbocycles. The van der Waals surface area contributed by atoms with Crippen molar-refractivity contribution < 1.29 is 62.4 Å². The van der Waals surface area contributed by atoms with Crippen molar-refractivity contribution in [2.75, 3.05) is 72.6 Å². The van der Waals surface area contributed by atoms with Gasteiger partial charge in [0, 0.05) is 58.3 Å². The summed E-state index contributed by atoms with van der Waals surface area (Å²) in [5, 5.41) is 12.3. The monoisotopic (exact) mass is 828 g/mol. The summed E-state index contributed by atoms with van der Waals surface area (Å²) in [6.07, 6.45) is 23.3. The molecule has 0 aromatic carbocycles. The molecule has 0 aliphatic rings. The Bertz CT molecular complexity index is 1050. The lowest BCUT2D eigenvalue weighted by Crippen LogP contribution is -2.29. The fourth-order valence-electron chi connectivity index (χ4n) is 6.29. The summed E-state index contributed by atoms with van der Waals surface area (Å²) in [4.78, 5) is 80.4. The second-order valence-electron chi connectivity index (χ2n) is 14.9. The Balaban J connectivity index is 3.60. The fourth-order valence-corrected chi connectivity index (χ4v) is 6.29. The van der Waals surface area contributed by atoms with Crippen LogP contribution in [0.3, 0.4) is 0 Å². The first kappa shape index (κ1) is 55.1. The number of amides is 1. The molecule has 1 atom stereocenters. The summed E-state index contributed by atoms with van der Waals surface area (Å²) in [6.45, 7) is 2.74. The van der Waals surface area contributed by atoms with Crippen LogP contribution in [0.25, 0.3) is 0 Å². The molecule has 58 heavy (non-hydrogen) atoms. The van der Waals surface area contributed by atoms with Crippen molar-refractivity contribution in [2.45, 2.75) is 161 Å². The first-order valence-corrected chi connectivity index (χ1v) is 22.1. The minimum atomic E-state index is -1.06. The minimum Gasteiger partial charge on any atom is -0.481 e. The molecule has 0 rings (SSSR count). The fraction of sp³-hybridized carbons (Fsp3) is 0.841. The van der Waals surface area contributed by atoms with Gasteiger partial charge >= 0.3 is 5.97 Å². The molecule has 0 saturated heterocycles. The van der Waals surface area contributed by atoms with E-state index in [1.54, 1.807) is 0 Å². The first-order valence-electron chi connectivity index (χ1n) is 22.1. The normalized spacial score (nSPS) is 11.7. The van der Waals surface area contributed by atoms with Gasteiger partial charge in [-0.15, -0.1) is 0 Å². The molecular formula is C44H77NO13. The molecule has 0 heterocycles. The number of unbranched alkanes of at least 4 members (excludes halogenated alkanes) is 15. The highest BCUT2D eigenvalue weighted by Gasteiger charge is 2.22. The van der Waals surface area contributed by atoms with Gasteiger partial charge in [-0.1, -0.05) is 89.9 Å². The number of nitrogens with one attached hydrogen (secondary N) is 1. The molecule has 0 unspecified atom stereocenters. The van der Waals surface area contributed by atoms with Crippen molar-refractivity contribution >= 4 is 41.8 Å². The Hall–Kier alpha value is -2.91. The van der Waals surface area contributed by atoms with E-state index in [2.05, 4.69) is 5.32 Å². The Morgan fingerprint density at radius 2 is 0.862 bits per heavy atom. The molecule has 0 aliphatic carbocycles. The number of carboxylic acid groups (broad SMARTS) is 1. The third-order valence-corrected chi connectivity index (χ3v) is 9.64. The van der Waals surface area contributed by atoms with E-state index < -0.39 is 11.9 Å². The van der Waals surface area contributed by atoms with Crippen LogP contribution in [0.4, 0.5) is 0 Å². The zero-order valence-electron chi connectivity index (χ0n) is 35.5. The molecule has 1 amide bonds. The zero-order chi connectivity index (χ0) is 42.6. The van der Waals surface area contributed by atoms with E-state index in [1.165, 1.54) is 64.2 Å². The zero-order valence-corrected chi connectivity index (χ0v) is 35.5. The highest BCUT2D eigenvalue weighted by atomic mass is 16.5. The molecule has 0 aromatic heterocycles. The molecule has 0 bridgehead atoms. The second-order valence-corrected chi connectivity index (χ2v) is 14.9. The molecule has 336 valence electrons. The predicted molar refractivity (Wildman–Crippen MR) is 221 cm³/mol. The van der Waals surface area contributed by atoms with E-state index in [1.807, 2.05) is 0 Å². The van der Waals surface area contributed by atoms with Crippen molar-refractivity contribution in [3.8, 4) is 0 Å². The number of aldehydes is 2. The molecule has 14 nitrogen and oxygen atoms in total. The lowest BCUT2D eigenvalue weighted by Gasteiger charge is -2.12. The Morgan fingerprint density at radius 1 is 0.448 bits per heavy atom. The van der Waals surface area contributed by atoms with Gasteiger partial charge in [-0.3, -0.25) is 24.0 Å². The minimum absolute atomic E-state index is 0.0143. The molecule has 14 heteroatoms. The number of aliphatic carboxylic acids is 1. The largest absolute Gasteiger partial charge is 0.481 e. The number of ether oxygens (including phenoxy) is 5. The number of hydrogen-bond acceptors (Lipinski definition) is 12. The van der Waals surface area contributed by atoms with E-state index >= 15 is 0 Å². The summed E-state index contributed by atoms with van der Waals surface area (Å²) < 4.78 is 26.0. The van der Waals surface area contributed by atoms with E-state index in [0.717, 1.165) is 44.8 Å². The Kier molecular flexibility index (Phi) is 41.5. The van der Waals surface area contributed by atoms with Crippen LogP contribution in [0.15, 0.2) is 0 Å². The number of Topliss-reactive ketones (excluding diaryl/α,β-unsaturated/α-hetero) is 3. The highest BCUT2D eigenvalue weighted by Crippen LogP contribution is 2.17. The van der Waals surface area contributed by atoms with Crippen molar-refractivity contribution in [1.82, 2.24) is 5.32 Å². The van der Waals surface area contributed by atoms with E-state index in [-0.39, 0.29) is 82.9 Å². The van der Waals surface area contributed by atoms with E-state index in [0.29, 0.717) is 77.0 Å². The topological polar surface area (TPSA) is 198 Å². The number of rotatable bonds is 48. The number of hydrogen-bond donors (Lipinski definition) is 2. The molecular weight excluding hydrogens is 750 g/mol. The molecule has 0 radical (unpaired) electrons. The summed E-state index contributed by atoms with van der Waals surface area (Å²) in [5.41, 5.74) is 0. The molecule has 0 fully saturated rings. The summed E-state index contributed by atoms with van der Waals surface area (Å²) in [6, 6.07) is 0. The van der Waals surface area contributed by atoms with Crippen molar-refractivity contribution in [1.29, 1.82) is 0 Å². The summed E-state index contributed by atoms with van der Waals surface area (Å²) in [5.74, 6) is -2.03. The van der Waals surface area contributed by atoms with Gasteiger partial charge in [0.15, 0.2) is 5.78 Å². The van der Waals surface area contributed by atoms with Crippen molar-refractivity contribution in [2.24, 2.45) is 5.92 Å².